The van der Waals surface area contributed by atoms with E-state index < -0.39 is 8.32 Å². The van der Waals surface area contributed by atoms with Gasteiger partial charge in [0.1, 0.15) is 5.75 Å². The van der Waals surface area contributed by atoms with Gasteiger partial charge in [0.05, 0.1) is 16.7 Å². The monoisotopic (exact) mass is 386 g/mol. The van der Waals surface area contributed by atoms with Gasteiger partial charge in [-0.2, -0.15) is 0 Å². The molecule has 0 amide bonds. The molecule has 4 heteroatoms. The van der Waals surface area contributed by atoms with Crippen molar-refractivity contribution >= 4 is 30.1 Å². The van der Waals surface area contributed by atoms with Crippen molar-refractivity contribution in [3.05, 3.63) is 66.9 Å². The molecule has 2 aromatic heterocycles. The van der Waals surface area contributed by atoms with Crippen LogP contribution < -0.4 is 4.43 Å². The molecule has 2 heterocycles. The lowest BCUT2D eigenvalue weighted by atomic mass is 10.1. The third-order valence-electron chi connectivity index (χ3n) is 5.76. The minimum absolute atomic E-state index is 0.180. The average Bonchev–Trinajstić information content (AvgIpc) is 2.67. The number of aromatic nitrogens is 2. The van der Waals surface area contributed by atoms with Crippen molar-refractivity contribution in [3.63, 3.8) is 0 Å². The van der Waals surface area contributed by atoms with Gasteiger partial charge in [-0.1, -0.05) is 45.0 Å². The zero-order chi connectivity index (χ0) is 19.9. The van der Waals surface area contributed by atoms with E-state index in [-0.39, 0.29) is 5.04 Å². The molecule has 0 saturated heterocycles. The first-order valence-electron chi connectivity index (χ1n) is 9.69. The van der Waals surface area contributed by atoms with E-state index in [1.165, 1.54) is 0 Å². The Morgan fingerprint density at radius 1 is 0.786 bits per heavy atom. The number of hydrogen-bond acceptors (Lipinski definition) is 3. The van der Waals surface area contributed by atoms with Gasteiger partial charge < -0.3 is 4.43 Å². The Morgan fingerprint density at radius 2 is 1.43 bits per heavy atom. The SMILES string of the molecule is CC(C)(C)[Si](C)(C)Oc1ccc(-c2ccc3ccc4cccnc4c3n2)cc1. The minimum Gasteiger partial charge on any atom is -0.544 e. The van der Waals surface area contributed by atoms with E-state index in [0.29, 0.717) is 0 Å². The molecule has 2 aromatic carbocycles. The normalized spacial score (nSPS) is 12.5. The predicted octanol–water partition coefficient (Wildman–Crippen LogP) is 6.83. The Morgan fingerprint density at radius 3 is 2.11 bits per heavy atom. The standard InChI is InChI=1S/C24H26N2OSi/c1-24(2,3)28(4,5)27-20-13-10-17(11-14-20)21-15-12-19-9-8-18-7-6-16-25-22(18)23(19)26-21/h6-16H,1-5H3. The summed E-state index contributed by atoms with van der Waals surface area (Å²) in [5, 5.41) is 2.39. The fourth-order valence-corrected chi connectivity index (χ4v) is 4.06. The molecule has 28 heavy (non-hydrogen) atoms. The second-order valence-corrected chi connectivity index (χ2v) is 13.5. The molecule has 0 spiro atoms. The highest BCUT2D eigenvalue weighted by atomic mass is 28.4. The van der Waals surface area contributed by atoms with Gasteiger partial charge >= 0.3 is 0 Å². The Kier molecular flexibility index (Phi) is 4.46. The zero-order valence-corrected chi connectivity index (χ0v) is 18.2. The highest BCUT2D eigenvalue weighted by Gasteiger charge is 2.38. The van der Waals surface area contributed by atoms with Crippen LogP contribution in [-0.4, -0.2) is 18.3 Å². The highest BCUT2D eigenvalue weighted by Crippen LogP contribution is 2.37. The third kappa shape index (κ3) is 3.40. The first kappa shape index (κ1) is 18.6. The van der Waals surface area contributed by atoms with Gasteiger partial charge in [0.15, 0.2) is 0 Å². The van der Waals surface area contributed by atoms with Gasteiger partial charge in [-0.25, -0.2) is 4.98 Å². The van der Waals surface area contributed by atoms with Crippen LogP contribution in [-0.2, 0) is 0 Å². The van der Waals surface area contributed by atoms with Crippen molar-refractivity contribution in [2.75, 3.05) is 0 Å². The Bertz CT molecular complexity index is 1140. The summed E-state index contributed by atoms with van der Waals surface area (Å²) < 4.78 is 6.39. The largest absolute Gasteiger partial charge is 0.544 e. The molecule has 4 aromatic rings. The van der Waals surface area contributed by atoms with Gasteiger partial charge in [-0.3, -0.25) is 4.98 Å². The van der Waals surface area contributed by atoms with E-state index in [9.17, 15) is 0 Å². The molecule has 0 bridgehead atoms. The highest BCUT2D eigenvalue weighted by molar-refractivity contribution is 6.74. The maximum Gasteiger partial charge on any atom is 0.250 e. The first-order chi connectivity index (χ1) is 13.2. The number of benzene rings is 2. The van der Waals surface area contributed by atoms with E-state index in [1.807, 2.05) is 12.3 Å². The summed E-state index contributed by atoms with van der Waals surface area (Å²) >= 11 is 0. The molecule has 0 aliphatic heterocycles. The molecule has 3 nitrogen and oxygen atoms in total. The van der Waals surface area contributed by atoms with Crippen LogP contribution in [0.5, 0.6) is 5.75 Å². The first-order valence-corrected chi connectivity index (χ1v) is 12.6. The van der Waals surface area contributed by atoms with E-state index in [1.54, 1.807) is 0 Å². The lowest BCUT2D eigenvalue weighted by molar-refractivity contribution is 0.492. The predicted molar refractivity (Wildman–Crippen MR) is 120 cm³/mol. The van der Waals surface area contributed by atoms with Crippen LogP contribution in [0.4, 0.5) is 0 Å². The van der Waals surface area contributed by atoms with Crippen LogP contribution in [0.1, 0.15) is 20.8 Å². The molecule has 0 fully saturated rings. The number of hydrogen-bond donors (Lipinski definition) is 0. The average molecular weight is 387 g/mol. The van der Waals surface area contributed by atoms with Gasteiger partial charge in [-0.15, -0.1) is 0 Å². The van der Waals surface area contributed by atoms with Crippen LogP contribution in [0.2, 0.25) is 18.1 Å². The van der Waals surface area contributed by atoms with Gasteiger partial charge in [0, 0.05) is 22.5 Å². The van der Waals surface area contributed by atoms with E-state index >= 15 is 0 Å². The van der Waals surface area contributed by atoms with Crippen LogP contribution in [0.3, 0.4) is 0 Å². The maximum absolute atomic E-state index is 6.39. The van der Waals surface area contributed by atoms with E-state index in [4.69, 9.17) is 9.41 Å². The van der Waals surface area contributed by atoms with Crippen molar-refractivity contribution in [2.45, 2.75) is 38.9 Å². The van der Waals surface area contributed by atoms with Crippen molar-refractivity contribution in [1.29, 1.82) is 0 Å². The van der Waals surface area contributed by atoms with Gasteiger partial charge in [-0.05, 0) is 54.5 Å². The summed E-state index contributed by atoms with van der Waals surface area (Å²) in [4.78, 5) is 9.47. The quantitative estimate of drug-likeness (QED) is 0.286. The number of fused-ring (bicyclic) bond motifs is 3. The lowest BCUT2D eigenvalue weighted by Crippen LogP contribution is -2.43. The van der Waals surface area contributed by atoms with Crippen LogP contribution in [0, 0.1) is 0 Å². The zero-order valence-electron chi connectivity index (χ0n) is 17.2. The molecule has 0 radical (unpaired) electrons. The smallest absolute Gasteiger partial charge is 0.250 e. The second-order valence-electron chi connectivity index (χ2n) is 8.80. The molecule has 0 unspecified atom stereocenters. The molecule has 4 rings (SSSR count). The van der Waals surface area contributed by atoms with Crippen LogP contribution in [0.15, 0.2) is 66.9 Å². The maximum atomic E-state index is 6.39. The molecular formula is C24H26N2OSi. The third-order valence-corrected chi connectivity index (χ3v) is 10.1. The molecular weight excluding hydrogens is 360 g/mol. The Balaban J connectivity index is 1.69. The topological polar surface area (TPSA) is 35.0 Å². The lowest BCUT2D eigenvalue weighted by Gasteiger charge is -2.36. The molecule has 0 aliphatic carbocycles. The molecule has 0 N–H and O–H groups in total. The number of rotatable bonds is 3. The summed E-state index contributed by atoms with van der Waals surface area (Å²) in [5.41, 5.74) is 3.92. The van der Waals surface area contributed by atoms with E-state index in [0.717, 1.165) is 38.8 Å². The summed E-state index contributed by atoms with van der Waals surface area (Å²) in [6.07, 6.45) is 1.82. The van der Waals surface area contributed by atoms with Crippen LogP contribution in [0.25, 0.3) is 33.1 Å². The minimum atomic E-state index is -1.83. The Hall–Kier alpha value is -2.72. The van der Waals surface area contributed by atoms with E-state index in [2.05, 4.69) is 93.4 Å². The summed E-state index contributed by atoms with van der Waals surface area (Å²) in [7, 11) is -1.83. The van der Waals surface area contributed by atoms with Gasteiger partial charge in [0.25, 0.3) is 0 Å². The van der Waals surface area contributed by atoms with Crippen molar-refractivity contribution < 1.29 is 4.43 Å². The second kappa shape index (κ2) is 6.71. The van der Waals surface area contributed by atoms with Crippen LogP contribution >= 0.6 is 0 Å². The Labute approximate surface area is 167 Å². The van der Waals surface area contributed by atoms with Crippen molar-refractivity contribution in [1.82, 2.24) is 9.97 Å². The summed E-state index contributed by atoms with van der Waals surface area (Å²) in [5.74, 6) is 0.934. The van der Waals surface area contributed by atoms with Crippen molar-refractivity contribution in [3.8, 4) is 17.0 Å². The fourth-order valence-electron chi connectivity index (χ4n) is 3.03. The fraction of sp³-hybridized carbons (Fsp3) is 0.250. The summed E-state index contributed by atoms with van der Waals surface area (Å²) in [6, 6.07) is 20.7. The molecule has 0 atom stereocenters. The van der Waals surface area contributed by atoms with Gasteiger partial charge in [0.2, 0.25) is 8.32 Å². The number of pyridine rings is 2. The molecule has 142 valence electrons. The summed E-state index contributed by atoms with van der Waals surface area (Å²) in [6.45, 7) is 11.3. The number of nitrogens with zero attached hydrogens (tertiary/aromatic N) is 2. The van der Waals surface area contributed by atoms with Crippen molar-refractivity contribution in [2.24, 2.45) is 0 Å². The molecule has 0 saturated carbocycles. The molecule has 0 aliphatic rings.